The first-order chi connectivity index (χ1) is 12.7. The van der Waals surface area contributed by atoms with Crippen LogP contribution in [-0.2, 0) is 11.0 Å². The second-order valence-corrected chi connectivity index (χ2v) is 8.09. The molecule has 3 aliphatic heterocycles. The number of carbonyl (C=O) groups is 2. The van der Waals surface area contributed by atoms with Crippen LogP contribution < -0.4 is 10.1 Å². The average Bonchev–Trinajstić information content (AvgIpc) is 3.20. The Labute approximate surface area is 157 Å². The summed E-state index contributed by atoms with van der Waals surface area (Å²) in [7, 11) is 0. The van der Waals surface area contributed by atoms with Gasteiger partial charge in [-0.2, -0.15) is 18.2 Å². The zero-order valence-electron chi connectivity index (χ0n) is 14.4. The van der Waals surface area contributed by atoms with Crippen molar-refractivity contribution in [2.75, 3.05) is 26.2 Å². The molecule has 0 saturated carbocycles. The molecule has 0 unspecified atom stereocenters. The smallest absolute Gasteiger partial charge is 0.434 e. The molecule has 27 heavy (non-hydrogen) atoms. The van der Waals surface area contributed by atoms with Crippen molar-refractivity contribution in [1.82, 2.24) is 20.1 Å². The predicted molar refractivity (Wildman–Crippen MR) is 89.4 cm³/mol. The van der Waals surface area contributed by atoms with E-state index in [1.54, 1.807) is 9.80 Å². The summed E-state index contributed by atoms with van der Waals surface area (Å²) < 4.78 is 43.3. The number of carbonyl (C=O) groups excluding carboxylic acids is 2. The quantitative estimate of drug-likeness (QED) is 0.819. The van der Waals surface area contributed by atoms with Gasteiger partial charge in [0.1, 0.15) is 6.10 Å². The lowest BCUT2D eigenvalue weighted by Gasteiger charge is -2.49. The van der Waals surface area contributed by atoms with E-state index in [9.17, 15) is 22.8 Å². The lowest BCUT2D eigenvalue weighted by molar-refractivity contribution is -0.141. The highest BCUT2D eigenvalue weighted by Gasteiger charge is 2.50. The number of alkyl halides is 3. The average molecular weight is 404 g/mol. The van der Waals surface area contributed by atoms with Crippen LogP contribution in [0.5, 0.6) is 5.19 Å². The van der Waals surface area contributed by atoms with E-state index in [4.69, 9.17) is 4.74 Å². The minimum Gasteiger partial charge on any atom is -0.467 e. The molecule has 148 valence electrons. The van der Waals surface area contributed by atoms with E-state index in [1.807, 2.05) is 0 Å². The van der Waals surface area contributed by atoms with E-state index >= 15 is 0 Å². The van der Waals surface area contributed by atoms with Crippen LogP contribution in [0.1, 0.15) is 31.4 Å². The summed E-state index contributed by atoms with van der Waals surface area (Å²) in [4.78, 5) is 30.8. The lowest BCUT2D eigenvalue weighted by Crippen LogP contribution is -2.70. The summed E-state index contributed by atoms with van der Waals surface area (Å²) in [5, 5.41) is 3.89. The number of aromatic nitrogens is 1. The molecule has 3 amide bonds. The summed E-state index contributed by atoms with van der Waals surface area (Å²) >= 11 is 0.829. The van der Waals surface area contributed by atoms with E-state index in [-0.39, 0.29) is 28.8 Å². The Bertz CT molecular complexity index is 740. The Morgan fingerprint density at radius 3 is 2.56 bits per heavy atom. The van der Waals surface area contributed by atoms with Crippen LogP contribution in [0.3, 0.4) is 0 Å². The molecule has 0 aliphatic carbocycles. The fourth-order valence-corrected chi connectivity index (χ4v) is 4.52. The van der Waals surface area contributed by atoms with E-state index in [0.29, 0.717) is 45.4 Å². The number of urea groups is 1. The minimum atomic E-state index is -4.47. The van der Waals surface area contributed by atoms with Crippen LogP contribution in [0.25, 0.3) is 0 Å². The summed E-state index contributed by atoms with van der Waals surface area (Å²) in [6.07, 6.45) is -2.36. The Balaban J connectivity index is 1.24. The molecule has 4 heterocycles. The SMILES string of the molecule is O=C1CCC2(CN(C(=O)N3CCC(Oc4nc(C(F)(F)F)cs4)CC3)C2)N1. The lowest BCUT2D eigenvalue weighted by atomic mass is 9.88. The van der Waals surface area contributed by atoms with Crippen molar-refractivity contribution in [3.8, 4) is 5.19 Å². The van der Waals surface area contributed by atoms with Gasteiger partial charge in [-0.3, -0.25) is 4.79 Å². The number of rotatable bonds is 2. The zero-order chi connectivity index (χ0) is 19.2. The molecule has 0 radical (unpaired) electrons. The number of thiazole rings is 1. The fourth-order valence-electron chi connectivity index (χ4n) is 3.78. The monoisotopic (exact) mass is 404 g/mol. The third-order valence-corrected chi connectivity index (χ3v) is 5.98. The standard InChI is InChI=1S/C16H19F3N4O3S/c17-16(18,19)11-7-27-13(20-11)26-10-2-5-22(6-3-10)14(25)23-8-15(9-23)4-1-12(24)21-15/h7,10H,1-6,8-9H2,(H,21,24). The fraction of sp³-hybridized carbons (Fsp3) is 0.688. The Kier molecular flexibility index (Phi) is 4.44. The number of halogens is 3. The van der Waals surface area contributed by atoms with Gasteiger partial charge >= 0.3 is 12.2 Å². The molecule has 1 aromatic heterocycles. The van der Waals surface area contributed by atoms with Crippen molar-refractivity contribution >= 4 is 23.3 Å². The van der Waals surface area contributed by atoms with Gasteiger partial charge in [-0.05, 0) is 6.42 Å². The van der Waals surface area contributed by atoms with Gasteiger partial charge in [0.2, 0.25) is 5.91 Å². The highest BCUT2D eigenvalue weighted by atomic mass is 32.1. The second-order valence-electron chi connectivity index (χ2n) is 7.27. The van der Waals surface area contributed by atoms with Crippen molar-refractivity contribution in [1.29, 1.82) is 0 Å². The molecule has 1 N–H and O–H groups in total. The van der Waals surface area contributed by atoms with Gasteiger partial charge in [0.25, 0.3) is 5.19 Å². The molecule has 0 aromatic carbocycles. The van der Waals surface area contributed by atoms with Gasteiger partial charge in [0.05, 0.1) is 5.54 Å². The first-order valence-corrected chi connectivity index (χ1v) is 9.66. The van der Waals surface area contributed by atoms with Crippen LogP contribution in [0.4, 0.5) is 18.0 Å². The molecular weight excluding hydrogens is 385 g/mol. The molecular formula is C16H19F3N4O3S. The van der Waals surface area contributed by atoms with Gasteiger partial charge in [-0.15, -0.1) is 0 Å². The third kappa shape index (κ3) is 3.69. The van der Waals surface area contributed by atoms with Gasteiger partial charge in [0.15, 0.2) is 5.69 Å². The molecule has 4 rings (SSSR count). The number of piperidine rings is 1. The maximum absolute atomic E-state index is 12.6. The second kappa shape index (κ2) is 6.54. The third-order valence-electron chi connectivity index (χ3n) is 5.25. The minimum absolute atomic E-state index is 0.00811. The zero-order valence-corrected chi connectivity index (χ0v) is 15.2. The first-order valence-electron chi connectivity index (χ1n) is 8.78. The molecule has 3 aliphatic rings. The molecule has 1 aromatic rings. The molecule has 0 atom stereocenters. The number of hydrogen-bond acceptors (Lipinski definition) is 5. The normalized spacial score (nSPS) is 22.7. The highest BCUT2D eigenvalue weighted by molar-refractivity contribution is 7.11. The Hall–Kier alpha value is -2.04. The van der Waals surface area contributed by atoms with Crippen LogP contribution in [0, 0.1) is 0 Å². The largest absolute Gasteiger partial charge is 0.467 e. The van der Waals surface area contributed by atoms with E-state index < -0.39 is 11.9 Å². The number of likely N-dealkylation sites (tertiary alicyclic amines) is 2. The first kappa shape index (κ1) is 18.3. The molecule has 7 nitrogen and oxygen atoms in total. The molecule has 11 heteroatoms. The van der Waals surface area contributed by atoms with Gasteiger partial charge in [-0.25, -0.2) is 4.79 Å². The highest BCUT2D eigenvalue weighted by Crippen LogP contribution is 2.34. The van der Waals surface area contributed by atoms with Crippen LogP contribution in [0.2, 0.25) is 0 Å². The number of amides is 3. The summed E-state index contributed by atoms with van der Waals surface area (Å²) in [6.45, 7) is 2.04. The van der Waals surface area contributed by atoms with E-state index in [2.05, 4.69) is 10.3 Å². The van der Waals surface area contributed by atoms with Crippen molar-refractivity contribution in [3.05, 3.63) is 11.1 Å². The van der Waals surface area contributed by atoms with Crippen LogP contribution in [0.15, 0.2) is 5.38 Å². The van der Waals surface area contributed by atoms with Crippen molar-refractivity contribution in [2.24, 2.45) is 0 Å². The summed E-state index contributed by atoms with van der Waals surface area (Å²) in [5.41, 5.74) is -1.18. The maximum Gasteiger partial charge on any atom is 0.434 e. The molecule has 3 saturated heterocycles. The van der Waals surface area contributed by atoms with Crippen molar-refractivity contribution in [2.45, 2.75) is 43.5 Å². The summed E-state index contributed by atoms with van der Waals surface area (Å²) in [5.74, 6) is 0.0379. The number of hydrogen-bond donors (Lipinski definition) is 1. The van der Waals surface area contributed by atoms with Crippen molar-refractivity contribution < 1.29 is 27.5 Å². The van der Waals surface area contributed by atoms with Gasteiger partial charge in [-0.1, -0.05) is 11.3 Å². The number of nitrogens with one attached hydrogen (secondary N) is 1. The summed E-state index contributed by atoms with van der Waals surface area (Å²) in [6, 6.07) is -0.0613. The van der Waals surface area contributed by atoms with Crippen LogP contribution in [-0.4, -0.2) is 64.5 Å². The Morgan fingerprint density at radius 2 is 2.00 bits per heavy atom. The molecule has 3 fully saturated rings. The van der Waals surface area contributed by atoms with Crippen molar-refractivity contribution in [3.63, 3.8) is 0 Å². The van der Waals surface area contributed by atoms with E-state index in [1.165, 1.54) is 0 Å². The van der Waals surface area contributed by atoms with E-state index in [0.717, 1.165) is 23.1 Å². The molecule has 1 spiro atoms. The Morgan fingerprint density at radius 1 is 1.30 bits per heavy atom. The van der Waals surface area contributed by atoms with Gasteiger partial charge in [0, 0.05) is 50.8 Å². The maximum atomic E-state index is 12.6. The van der Waals surface area contributed by atoms with Gasteiger partial charge < -0.3 is 19.9 Å². The predicted octanol–water partition coefficient (Wildman–Crippen LogP) is 2.09. The number of ether oxygens (including phenoxy) is 1. The number of nitrogens with zero attached hydrogens (tertiary/aromatic N) is 3. The van der Waals surface area contributed by atoms with Crippen LogP contribution >= 0.6 is 11.3 Å². The topological polar surface area (TPSA) is 74.8 Å². The molecule has 0 bridgehead atoms.